The summed E-state index contributed by atoms with van der Waals surface area (Å²) in [5, 5.41) is 6.26. The molecule has 0 radical (unpaired) electrons. The Morgan fingerprint density at radius 1 is 1.20 bits per heavy atom. The topological polar surface area (TPSA) is 48.6 Å². The van der Waals surface area contributed by atoms with Gasteiger partial charge in [-0.05, 0) is 5.56 Å². The van der Waals surface area contributed by atoms with Crippen molar-refractivity contribution < 1.29 is 0 Å². The zero-order valence-corrected chi connectivity index (χ0v) is 5.36. The van der Waals surface area contributed by atoms with E-state index in [1.54, 1.807) is 0 Å². The molecule has 0 spiro atoms. The Bertz CT molecular complexity index is 228. The number of nitrogens with zero attached hydrogens (tertiary/aromatic N) is 2. The van der Waals surface area contributed by atoms with Gasteiger partial charge in [-0.15, -0.1) is 5.10 Å². The summed E-state index contributed by atoms with van der Waals surface area (Å²) >= 11 is 0. The molecule has 0 unspecified atom stereocenters. The summed E-state index contributed by atoms with van der Waals surface area (Å²) in [5.74, 6) is 0. The molecule has 3 nitrogen and oxygen atoms in total. The van der Waals surface area contributed by atoms with Gasteiger partial charge >= 0.3 is 0 Å². The number of benzene rings is 1. The maximum atomic E-state index is 6.38. The van der Waals surface area contributed by atoms with Crippen LogP contribution in [0.25, 0.3) is 0 Å². The molecule has 0 saturated carbocycles. The third-order valence-electron chi connectivity index (χ3n) is 1.06. The van der Waals surface area contributed by atoms with Gasteiger partial charge in [0.05, 0.1) is 6.21 Å². The maximum Gasteiger partial charge on any atom is 0.0586 e. The summed E-state index contributed by atoms with van der Waals surface area (Å²) in [6.45, 7) is 0. The van der Waals surface area contributed by atoms with Gasteiger partial charge < -0.3 is 0 Å². The van der Waals surface area contributed by atoms with Crippen LogP contribution >= 0.6 is 0 Å². The van der Waals surface area contributed by atoms with Gasteiger partial charge in [-0.3, -0.25) is 0 Å². The van der Waals surface area contributed by atoms with Crippen molar-refractivity contribution in [1.29, 1.82) is 5.53 Å². The fourth-order valence-corrected chi connectivity index (χ4v) is 0.635. The highest BCUT2D eigenvalue weighted by molar-refractivity contribution is 5.79. The average Bonchev–Trinajstić information content (AvgIpc) is 2.03. The van der Waals surface area contributed by atoms with Crippen LogP contribution in [0.2, 0.25) is 0 Å². The van der Waals surface area contributed by atoms with Crippen LogP contribution in [0.1, 0.15) is 5.56 Å². The van der Waals surface area contributed by atoms with E-state index in [9.17, 15) is 0 Å². The fourth-order valence-electron chi connectivity index (χ4n) is 0.635. The number of rotatable bonds is 2. The minimum atomic E-state index is 0.957. The van der Waals surface area contributed by atoms with Crippen molar-refractivity contribution in [2.75, 3.05) is 0 Å². The normalized spacial score (nSPS) is 10.0. The van der Waals surface area contributed by atoms with E-state index in [0.29, 0.717) is 0 Å². The first kappa shape index (κ1) is 6.61. The van der Waals surface area contributed by atoms with Crippen molar-refractivity contribution in [2.45, 2.75) is 0 Å². The Kier molecular flexibility index (Phi) is 2.31. The lowest BCUT2D eigenvalue weighted by atomic mass is 10.2. The van der Waals surface area contributed by atoms with Crippen molar-refractivity contribution in [3.8, 4) is 0 Å². The third-order valence-corrected chi connectivity index (χ3v) is 1.06. The van der Waals surface area contributed by atoms with Gasteiger partial charge in [0.15, 0.2) is 0 Å². The third kappa shape index (κ3) is 1.78. The van der Waals surface area contributed by atoms with E-state index < -0.39 is 0 Å². The summed E-state index contributed by atoms with van der Waals surface area (Å²) in [6.07, 6.45) is 1.53. The van der Waals surface area contributed by atoms with Crippen molar-refractivity contribution in [3.63, 3.8) is 0 Å². The van der Waals surface area contributed by atoms with Crippen LogP contribution in [-0.2, 0) is 0 Å². The summed E-state index contributed by atoms with van der Waals surface area (Å²) in [4.78, 5) is 0. The van der Waals surface area contributed by atoms with Crippen LogP contribution in [0.15, 0.2) is 40.7 Å². The molecule has 10 heavy (non-hydrogen) atoms. The fraction of sp³-hybridized carbons (Fsp3) is 0. The van der Waals surface area contributed by atoms with E-state index in [4.69, 9.17) is 5.53 Å². The highest BCUT2D eigenvalue weighted by Gasteiger charge is 1.80. The first-order valence-corrected chi connectivity index (χ1v) is 2.88. The molecule has 0 heterocycles. The second-order valence-corrected chi connectivity index (χ2v) is 1.76. The molecule has 0 atom stereocenters. The molecule has 1 rings (SSSR count). The first-order chi connectivity index (χ1) is 4.93. The van der Waals surface area contributed by atoms with Crippen LogP contribution in [0.3, 0.4) is 0 Å². The van der Waals surface area contributed by atoms with Crippen molar-refractivity contribution >= 4 is 6.21 Å². The van der Waals surface area contributed by atoms with Gasteiger partial charge in [0.1, 0.15) is 0 Å². The smallest absolute Gasteiger partial charge is 0.0586 e. The van der Waals surface area contributed by atoms with E-state index in [2.05, 4.69) is 10.3 Å². The van der Waals surface area contributed by atoms with Crippen molar-refractivity contribution in [2.24, 2.45) is 10.3 Å². The van der Waals surface area contributed by atoms with Crippen LogP contribution in [0.4, 0.5) is 0 Å². The molecule has 3 heteroatoms. The minimum absolute atomic E-state index is 0.957. The molecule has 0 aromatic heterocycles. The van der Waals surface area contributed by atoms with Gasteiger partial charge in [-0.25, -0.2) is 0 Å². The monoisotopic (exact) mass is 133 g/mol. The van der Waals surface area contributed by atoms with Gasteiger partial charge in [-0.2, -0.15) is 5.53 Å². The maximum absolute atomic E-state index is 6.38. The molecule has 1 N–H and O–H groups in total. The average molecular weight is 133 g/mol. The van der Waals surface area contributed by atoms with E-state index in [0.717, 1.165) is 5.56 Å². The molecule has 0 aliphatic carbocycles. The van der Waals surface area contributed by atoms with Crippen LogP contribution in [0.5, 0.6) is 0 Å². The molecule has 50 valence electrons. The predicted octanol–water partition coefficient (Wildman–Crippen LogP) is 2.05. The lowest BCUT2D eigenvalue weighted by molar-refractivity contribution is 0.996. The van der Waals surface area contributed by atoms with Gasteiger partial charge in [0, 0.05) is 0 Å². The quantitative estimate of drug-likeness (QED) is 0.364. The van der Waals surface area contributed by atoms with E-state index >= 15 is 0 Å². The molecular weight excluding hydrogens is 126 g/mol. The lowest BCUT2D eigenvalue weighted by Gasteiger charge is -1.85. The zero-order valence-electron chi connectivity index (χ0n) is 5.36. The molecule has 0 aliphatic heterocycles. The second kappa shape index (κ2) is 3.50. The van der Waals surface area contributed by atoms with Gasteiger partial charge in [0.2, 0.25) is 0 Å². The van der Waals surface area contributed by atoms with Gasteiger partial charge in [-0.1, -0.05) is 35.6 Å². The van der Waals surface area contributed by atoms with Crippen molar-refractivity contribution in [1.82, 2.24) is 0 Å². The molecule has 1 aromatic carbocycles. The number of nitrogens with one attached hydrogen (secondary N) is 1. The Labute approximate surface area is 58.9 Å². The minimum Gasteiger partial charge on any atom is -0.185 e. The number of hydrogen-bond donors (Lipinski definition) is 1. The standard InChI is InChI=1S/C7H7N3/c8-10-9-6-7-4-2-1-3-5-7/h1-6,8H. The molecule has 0 fully saturated rings. The molecule has 1 aromatic rings. The molecule has 0 saturated heterocycles. The highest BCUT2D eigenvalue weighted by atomic mass is 15.3. The largest absolute Gasteiger partial charge is 0.185 e. The molecule has 0 amide bonds. The Morgan fingerprint density at radius 2 is 1.90 bits per heavy atom. The molecule has 0 bridgehead atoms. The SMILES string of the molecule is N=NN=Cc1ccccc1. The molecule has 0 aliphatic rings. The predicted molar refractivity (Wildman–Crippen MR) is 39.2 cm³/mol. The van der Waals surface area contributed by atoms with E-state index in [1.807, 2.05) is 30.3 Å². The lowest BCUT2D eigenvalue weighted by Crippen LogP contribution is -1.75. The summed E-state index contributed by atoms with van der Waals surface area (Å²) in [6, 6.07) is 9.54. The van der Waals surface area contributed by atoms with Crippen LogP contribution in [-0.4, -0.2) is 6.21 Å². The summed E-state index contributed by atoms with van der Waals surface area (Å²) in [7, 11) is 0. The Morgan fingerprint density at radius 3 is 2.50 bits per heavy atom. The van der Waals surface area contributed by atoms with E-state index in [1.165, 1.54) is 6.21 Å². The first-order valence-electron chi connectivity index (χ1n) is 2.88. The van der Waals surface area contributed by atoms with Crippen LogP contribution in [0, 0.1) is 5.53 Å². The summed E-state index contributed by atoms with van der Waals surface area (Å²) < 4.78 is 0. The Hall–Kier alpha value is -1.51. The zero-order chi connectivity index (χ0) is 7.23. The summed E-state index contributed by atoms with van der Waals surface area (Å²) in [5.41, 5.74) is 7.34. The Balaban J connectivity index is 2.76. The van der Waals surface area contributed by atoms with E-state index in [-0.39, 0.29) is 0 Å². The number of hydrogen-bond acceptors (Lipinski definition) is 2. The van der Waals surface area contributed by atoms with Crippen LogP contribution < -0.4 is 0 Å². The second-order valence-electron chi connectivity index (χ2n) is 1.76. The van der Waals surface area contributed by atoms with Crippen molar-refractivity contribution in [3.05, 3.63) is 35.9 Å². The molecular formula is C7H7N3. The highest BCUT2D eigenvalue weighted by Crippen LogP contribution is 1.93. The van der Waals surface area contributed by atoms with Gasteiger partial charge in [0.25, 0.3) is 0 Å².